The molecule has 1 unspecified atom stereocenters. The van der Waals surface area contributed by atoms with E-state index in [9.17, 15) is 4.79 Å². The summed E-state index contributed by atoms with van der Waals surface area (Å²) in [6.45, 7) is 7.97. The van der Waals surface area contributed by atoms with E-state index in [1.54, 1.807) is 0 Å². The van der Waals surface area contributed by atoms with Crippen molar-refractivity contribution >= 4 is 11.6 Å². The van der Waals surface area contributed by atoms with E-state index in [1.807, 2.05) is 32.9 Å². The molecule has 1 N–H and O–H groups in total. The number of carbonyl (C=O) groups excluding carboxylic acids is 1. The molecule has 24 heavy (non-hydrogen) atoms. The van der Waals surface area contributed by atoms with Gasteiger partial charge in [-0.15, -0.1) is 0 Å². The van der Waals surface area contributed by atoms with Crippen LogP contribution < -0.4 is 5.32 Å². The van der Waals surface area contributed by atoms with Crippen LogP contribution in [-0.2, 0) is 4.79 Å². The van der Waals surface area contributed by atoms with Crippen molar-refractivity contribution in [2.75, 3.05) is 25.0 Å². The van der Waals surface area contributed by atoms with Crippen molar-refractivity contribution in [2.45, 2.75) is 39.5 Å². The molecule has 6 heteroatoms. The monoisotopic (exact) mass is 328 g/mol. The third-order valence-electron chi connectivity index (χ3n) is 4.42. The third kappa shape index (κ3) is 4.00. The second kappa shape index (κ2) is 7.13. The largest absolute Gasteiger partial charge is 0.339 e. The molecule has 0 spiro atoms. The van der Waals surface area contributed by atoms with Gasteiger partial charge >= 0.3 is 0 Å². The zero-order valence-corrected chi connectivity index (χ0v) is 14.5. The summed E-state index contributed by atoms with van der Waals surface area (Å²) in [6, 6.07) is 6.05. The Morgan fingerprint density at radius 1 is 1.38 bits per heavy atom. The maximum atomic E-state index is 12.4. The van der Waals surface area contributed by atoms with Crippen LogP contribution in [0, 0.1) is 20.8 Å². The normalized spacial score (nSPS) is 18.5. The van der Waals surface area contributed by atoms with E-state index in [1.165, 1.54) is 5.56 Å². The van der Waals surface area contributed by atoms with Crippen LogP contribution >= 0.6 is 0 Å². The average molecular weight is 328 g/mol. The first-order valence-corrected chi connectivity index (χ1v) is 8.41. The number of likely N-dealkylation sites (tertiary alicyclic amines) is 1. The summed E-state index contributed by atoms with van der Waals surface area (Å²) in [5.41, 5.74) is 3.16. The second-order valence-corrected chi connectivity index (χ2v) is 6.62. The quantitative estimate of drug-likeness (QED) is 0.934. The lowest BCUT2D eigenvalue weighted by Gasteiger charge is -2.30. The molecule has 1 atom stereocenters. The Kier molecular flexibility index (Phi) is 4.94. The van der Waals surface area contributed by atoms with E-state index in [2.05, 4.69) is 26.4 Å². The molecule has 0 aliphatic carbocycles. The number of hydrogen-bond acceptors (Lipinski definition) is 5. The minimum Gasteiger partial charge on any atom is -0.339 e. The minimum atomic E-state index is 0.0179. The molecule has 1 aliphatic heterocycles. The highest BCUT2D eigenvalue weighted by Crippen LogP contribution is 2.25. The number of anilines is 1. The molecule has 1 aliphatic rings. The lowest BCUT2D eigenvalue weighted by atomic mass is 9.98. The number of nitrogens with one attached hydrogen (secondary N) is 1. The molecule has 1 aromatic heterocycles. The van der Waals surface area contributed by atoms with Crippen molar-refractivity contribution in [3.05, 3.63) is 41.0 Å². The highest BCUT2D eigenvalue weighted by atomic mass is 16.5. The molecule has 0 saturated carbocycles. The van der Waals surface area contributed by atoms with Crippen LogP contribution in [0.3, 0.4) is 0 Å². The molecule has 6 nitrogen and oxygen atoms in total. The summed E-state index contributed by atoms with van der Waals surface area (Å²) in [5, 5.41) is 6.88. The first-order valence-electron chi connectivity index (χ1n) is 8.41. The van der Waals surface area contributed by atoms with Gasteiger partial charge in [-0.1, -0.05) is 22.9 Å². The summed E-state index contributed by atoms with van der Waals surface area (Å²) in [5.74, 6) is 1.58. The molecule has 1 fully saturated rings. The van der Waals surface area contributed by atoms with Crippen LogP contribution in [0.15, 0.2) is 22.7 Å². The molecule has 1 amide bonds. The third-order valence-corrected chi connectivity index (χ3v) is 4.42. The standard InChI is InChI=1S/C18H24N4O2/c1-12-6-7-16(13(2)9-12)20-17(23)11-22-8-4-5-15(10-22)18-19-14(3)21-24-18/h6-7,9,15H,4-5,8,10-11H2,1-3H3,(H,20,23). The first-order chi connectivity index (χ1) is 11.5. The number of piperidine rings is 1. The predicted molar refractivity (Wildman–Crippen MR) is 92.0 cm³/mol. The van der Waals surface area contributed by atoms with Gasteiger partial charge in [-0.25, -0.2) is 0 Å². The second-order valence-electron chi connectivity index (χ2n) is 6.62. The van der Waals surface area contributed by atoms with Gasteiger partial charge in [-0.3, -0.25) is 9.69 Å². The molecule has 0 bridgehead atoms. The number of benzene rings is 1. The van der Waals surface area contributed by atoms with Crippen LogP contribution in [0.1, 0.15) is 41.6 Å². The summed E-state index contributed by atoms with van der Waals surface area (Å²) in [6.07, 6.45) is 2.06. The van der Waals surface area contributed by atoms with Gasteiger partial charge in [0.25, 0.3) is 0 Å². The Morgan fingerprint density at radius 3 is 2.92 bits per heavy atom. The van der Waals surface area contributed by atoms with E-state index in [-0.39, 0.29) is 11.8 Å². The van der Waals surface area contributed by atoms with Crippen molar-refractivity contribution in [3.63, 3.8) is 0 Å². The van der Waals surface area contributed by atoms with Gasteiger partial charge in [0.2, 0.25) is 11.8 Å². The molecule has 0 radical (unpaired) electrons. The van der Waals surface area contributed by atoms with Crippen LogP contribution in [0.25, 0.3) is 0 Å². The Bertz CT molecular complexity index is 726. The molecule has 128 valence electrons. The SMILES string of the molecule is Cc1ccc(NC(=O)CN2CCCC(c3nc(C)no3)C2)c(C)c1. The molecule has 2 aromatic rings. The van der Waals surface area contributed by atoms with Crippen LogP contribution in [0.2, 0.25) is 0 Å². The smallest absolute Gasteiger partial charge is 0.238 e. The first kappa shape index (κ1) is 16.6. The lowest BCUT2D eigenvalue weighted by Crippen LogP contribution is -2.39. The maximum Gasteiger partial charge on any atom is 0.238 e. The number of carbonyl (C=O) groups is 1. The Balaban J connectivity index is 1.57. The van der Waals surface area contributed by atoms with E-state index in [0.717, 1.165) is 37.2 Å². The van der Waals surface area contributed by atoms with E-state index >= 15 is 0 Å². The number of nitrogens with zero attached hydrogens (tertiary/aromatic N) is 3. The van der Waals surface area contributed by atoms with E-state index in [4.69, 9.17) is 4.52 Å². The van der Waals surface area contributed by atoms with Gasteiger partial charge in [0.05, 0.1) is 12.5 Å². The molecule has 2 heterocycles. The fourth-order valence-electron chi connectivity index (χ4n) is 3.23. The summed E-state index contributed by atoms with van der Waals surface area (Å²) in [4.78, 5) is 18.9. The van der Waals surface area contributed by atoms with Crippen LogP contribution in [0.4, 0.5) is 5.69 Å². The Hall–Kier alpha value is -2.21. The van der Waals surface area contributed by atoms with Gasteiger partial charge in [-0.05, 0) is 51.8 Å². The minimum absolute atomic E-state index is 0.0179. The topological polar surface area (TPSA) is 71.3 Å². The molecule has 1 saturated heterocycles. The maximum absolute atomic E-state index is 12.4. The molecule has 1 aromatic carbocycles. The Labute approximate surface area is 142 Å². The van der Waals surface area contributed by atoms with Gasteiger partial charge < -0.3 is 9.84 Å². The molecule has 3 rings (SSSR count). The van der Waals surface area contributed by atoms with Gasteiger partial charge in [-0.2, -0.15) is 4.98 Å². The van der Waals surface area contributed by atoms with E-state index in [0.29, 0.717) is 18.3 Å². The lowest BCUT2D eigenvalue weighted by molar-refractivity contribution is -0.117. The number of amides is 1. The highest BCUT2D eigenvalue weighted by molar-refractivity contribution is 5.93. The number of aryl methyl sites for hydroxylation is 3. The summed E-state index contributed by atoms with van der Waals surface area (Å²) >= 11 is 0. The van der Waals surface area contributed by atoms with Crippen molar-refractivity contribution in [1.29, 1.82) is 0 Å². The van der Waals surface area contributed by atoms with Crippen molar-refractivity contribution in [1.82, 2.24) is 15.0 Å². The Morgan fingerprint density at radius 2 is 2.21 bits per heavy atom. The van der Waals surface area contributed by atoms with Crippen LogP contribution in [-0.4, -0.2) is 40.6 Å². The molecular formula is C18H24N4O2. The fourth-order valence-corrected chi connectivity index (χ4v) is 3.23. The number of aromatic nitrogens is 2. The van der Waals surface area contributed by atoms with Gasteiger partial charge in [0, 0.05) is 12.2 Å². The summed E-state index contributed by atoms with van der Waals surface area (Å²) < 4.78 is 5.29. The highest BCUT2D eigenvalue weighted by Gasteiger charge is 2.26. The van der Waals surface area contributed by atoms with Crippen molar-refractivity contribution < 1.29 is 9.32 Å². The van der Waals surface area contributed by atoms with Crippen molar-refractivity contribution in [2.24, 2.45) is 0 Å². The van der Waals surface area contributed by atoms with E-state index < -0.39 is 0 Å². The zero-order valence-electron chi connectivity index (χ0n) is 14.5. The predicted octanol–water partition coefficient (Wildman–Crippen LogP) is 2.81. The number of rotatable bonds is 4. The van der Waals surface area contributed by atoms with Gasteiger partial charge in [0.1, 0.15) is 0 Å². The van der Waals surface area contributed by atoms with Gasteiger partial charge in [0.15, 0.2) is 5.82 Å². The fraction of sp³-hybridized carbons (Fsp3) is 0.500. The zero-order chi connectivity index (χ0) is 17.1. The summed E-state index contributed by atoms with van der Waals surface area (Å²) in [7, 11) is 0. The van der Waals surface area contributed by atoms with Crippen LogP contribution in [0.5, 0.6) is 0 Å². The van der Waals surface area contributed by atoms with Crippen molar-refractivity contribution in [3.8, 4) is 0 Å². The number of hydrogen-bond donors (Lipinski definition) is 1. The average Bonchev–Trinajstić information content (AvgIpc) is 2.97. The molecular weight excluding hydrogens is 304 g/mol.